The third-order valence-corrected chi connectivity index (χ3v) is 4.53. The first-order valence-corrected chi connectivity index (χ1v) is 7.60. The Morgan fingerprint density at radius 1 is 1.48 bits per heavy atom. The first-order chi connectivity index (χ1) is 10.0. The van der Waals surface area contributed by atoms with Crippen LogP contribution in [0.4, 0.5) is 9.93 Å². The molecule has 2 amide bonds. The fourth-order valence-electron chi connectivity index (χ4n) is 2.38. The predicted molar refractivity (Wildman–Crippen MR) is 81.0 cm³/mol. The highest BCUT2D eigenvalue weighted by atomic mass is 35.5. The summed E-state index contributed by atoms with van der Waals surface area (Å²) in [6.45, 7) is 0.444. The van der Waals surface area contributed by atoms with Crippen LogP contribution in [-0.4, -0.2) is 39.6 Å². The summed E-state index contributed by atoms with van der Waals surface area (Å²) in [6.07, 6.45) is 1.18. The van der Waals surface area contributed by atoms with Crippen molar-refractivity contribution in [1.29, 1.82) is 0 Å². The number of nitrogens with one attached hydrogen (secondary N) is 1. The molecule has 1 aromatic heterocycles. The van der Waals surface area contributed by atoms with E-state index in [0.29, 0.717) is 29.5 Å². The topological polar surface area (TPSA) is 82.5 Å². The van der Waals surface area contributed by atoms with Crippen molar-refractivity contribution in [3.8, 4) is 0 Å². The van der Waals surface area contributed by atoms with Crippen LogP contribution in [0.3, 0.4) is 0 Å². The van der Waals surface area contributed by atoms with Crippen LogP contribution in [0, 0.1) is 0 Å². The molecular weight excluding hydrogens is 314 g/mol. The van der Waals surface area contributed by atoms with E-state index in [4.69, 9.17) is 16.7 Å². The molecule has 2 N–H and O–H groups in total. The van der Waals surface area contributed by atoms with Gasteiger partial charge in [-0.15, -0.1) is 0 Å². The lowest BCUT2D eigenvalue weighted by Crippen LogP contribution is -2.42. The Bertz CT molecular complexity index is 718. The van der Waals surface area contributed by atoms with Gasteiger partial charge in [0.05, 0.1) is 10.2 Å². The quantitative estimate of drug-likeness (QED) is 0.889. The molecule has 1 aliphatic rings. The van der Waals surface area contributed by atoms with Gasteiger partial charge >= 0.3 is 12.0 Å². The molecule has 110 valence electrons. The fraction of sp³-hybridized carbons (Fsp3) is 0.308. The summed E-state index contributed by atoms with van der Waals surface area (Å²) in [5, 5.41) is 12.8. The van der Waals surface area contributed by atoms with E-state index in [0.717, 1.165) is 10.2 Å². The van der Waals surface area contributed by atoms with Crippen LogP contribution in [0.25, 0.3) is 10.2 Å². The van der Waals surface area contributed by atoms with Crippen molar-refractivity contribution in [1.82, 2.24) is 9.88 Å². The first-order valence-electron chi connectivity index (χ1n) is 6.41. The second-order valence-electron chi connectivity index (χ2n) is 4.75. The van der Waals surface area contributed by atoms with E-state index in [1.165, 1.54) is 16.2 Å². The Hall–Kier alpha value is -1.86. The van der Waals surface area contributed by atoms with Crippen molar-refractivity contribution in [3.05, 3.63) is 23.2 Å². The second-order valence-corrected chi connectivity index (χ2v) is 6.22. The number of amides is 2. The van der Waals surface area contributed by atoms with Gasteiger partial charge in [-0.3, -0.25) is 5.32 Å². The van der Waals surface area contributed by atoms with Gasteiger partial charge in [0.2, 0.25) is 0 Å². The standard InChI is InChI=1S/C13H12ClN3O3S/c14-7-3-4-8-10(6-7)21-12(15-8)16-13(20)17-5-1-2-9(17)11(18)19/h3-4,6,9H,1-2,5H2,(H,18,19)(H,15,16,20). The molecule has 2 aromatic rings. The van der Waals surface area contributed by atoms with E-state index in [1.807, 2.05) is 0 Å². The van der Waals surface area contributed by atoms with Crippen LogP contribution in [-0.2, 0) is 4.79 Å². The molecule has 1 aromatic carbocycles. The third kappa shape index (κ3) is 2.79. The lowest BCUT2D eigenvalue weighted by molar-refractivity contribution is -0.141. The number of halogens is 1. The Kier molecular flexibility index (Phi) is 3.69. The molecule has 1 fully saturated rings. The van der Waals surface area contributed by atoms with Crippen LogP contribution in [0.15, 0.2) is 18.2 Å². The summed E-state index contributed by atoms with van der Waals surface area (Å²) < 4.78 is 0.869. The molecule has 1 atom stereocenters. The van der Waals surface area contributed by atoms with Crippen LogP contribution >= 0.6 is 22.9 Å². The largest absolute Gasteiger partial charge is 0.480 e. The number of aromatic nitrogens is 1. The summed E-state index contributed by atoms with van der Waals surface area (Å²) in [5.41, 5.74) is 0.746. The van der Waals surface area contributed by atoms with Gasteiger partial charge in [0, 0.05) is 11.6 Å². The zero-order valence-corrected chi connectivity index (χ0v) is 12.4. The van der Waals surface area contributed by atoms with Gasteiger partial charge in [-0.05, 0) is 31.0 Å². The molecular formula is C13H12ClN3O3S. The lowest BCUT2D eigenvalue weighted by Gasteiger charge is -2.20. The minimum atomic E-state index is -0.973. The molecule has 1 aliphatic heterocycles. The summed E-state index contributed by atoms with van der Waals surface area (Å²) in [5.74, 6) is -0.973. The van der Waals surface area contributed by atoms with Gasteiger partial charge in [0.1, 0.15) is 6.04 Å². The summed E-state index contributed by atoms with van der Waals surface area (Å²) in [6, 6.07) is 4.11. The minimum Gasteiger partial charge on any atom is -0.480 e. The number of carboxylic acids is 1. The number of anilines is 1. The maximum Gasteiger partial charge on any atom is 0.326 e. The first kappa shape index (κ1) is 14.1. The van der Waals surface area contributed by atoms with Gasteiger partial charge in [0.25, 0.3) is 0 Å². The minimum absolute atomic E-state index is 0.426. The smallest absolute Gasteiger partial charge is 0.326 e. The highest BCUT2D eigenvalue weighted by molar-refractivity contribution is 7.22. The number of rotatable bonds is 2. The van der Waals surface area contributed by atoms with Gasteiger partial charge in [-0.2, -0.15) is 0 Å². The average molecular weight is 326 g/mol. The maximum absolute atomic E-state index is 12.2. The number of likely N-dealkylation sites (tertiary alicyclic amines) is 1. The van der Waals surface area contributed by atoms with E-state index in [1.54, 1.807) is 18.2 Å². The van der Waals surface area contributed by atoms with Crippen molar-refractivity contribution in [2.75, 3.05) is 11.9 Å². The van der Waals surface area contributed by atoms with Crippen molar-refractivity contribution in [2.45, 2.75) is 18.9 Å². The Balaban J connectivity index is 1.78. The summed E-state index contributed by atoms with van der Waals surface area (Å²) in [4.78, 5) is 28.9. The number of carbonyl (C=O) groups is 2. The number of hydrogen-bond acceptors (Lipinski definition) is 4. The van der Waals surface area contributed by atoms with Gasteiger partial charge < -0.3 is 10.0 Å². The number of benzene rings is 1. The molecule has 8 heteroatoms. The average Bonchev–Trinajstić information content (AvgIpc) is 3.03. The molecule has 0 spiro atoms. The van der Waals surface area contributed by atoms with Crippen LogP contribution in [0.1, 0.15) is 12.8 Å². The van der Waals surface area contributed by atoms with Crippen molar-refractivity contribution < 1.29 is 14.7 Å². The van der Waals surface area contributed by atoms with E-state index in [9.17, 15) is 9.59 Å². The van der Waals surface area contributed by atoms with Crippen LogP contribution in [0.5, 0.6) is 0 Å². The fourth-order valence-corrected chi connectivity index (χ4v) is 3.51. The molecule has 0 bridgehead atoms. The molecule has 0 aliphatic carbocycles. The van der Waals surface area contributed by atoms with E-state index < -0.39 is 18.0 Å². The number of fused-ring (bicyclic) bond motifs is 1. The molecule has 21 heavy (non-hydrogen) atoms. The number of thiazole rings is 1. The normalized spacial score (nSPS) is 18.1. The number of carboxylic acid groups (broad SMARTS) is 1. The summed E-state index contributed by atoms with van der Waals surface area (Å²) in [7, 11) is 0. The van der Waals surface area contributed by atoms with Crippen LogP contribution < -0.4 is 5.32 Å². The number of urea groups is 1. The second kappa shape index (κ2) is 5.50. The van der Waals surface area contributed by atoms with Crippen molar-refractivity contribution in [2.24, 2.45) is 0 Å². The number of nitrogens with zero attached hydrogens (tertiary/aromatic N) is 2. The van der Waals surface area contributed by atoms with Crippen LogP contribution in [0.2, 0.25) is 5.02 Å². The molecule has 6 nitrogen and oxygen atoms in total. The predicted octanol–water partition coefficient (Wildman–Crippen LogP) is 3.03. The van der Waals surface area contributed by atoms with E-state index in [-0.39, 0.29) is 0 Å². The molecule has 1 saturated heterocycles. The Morgan fingerprint density at radius 2 is 2.29 bits per heavy atom. The number of hydrogen-bond donors (Lipinski definition) is 2. The molecule has 2 heterocycles. The maximum atomic E-state index is 12.2. The third-order valence-electron chi connectivity index (χ3n) is 3.36. The lowest BCUT2D eigenvalue weighted by atomic mass is 10.2. The number of carbonyl (C=O) groups excluding carboxylic acids is 1. The zero-order chi connectivity index (χ0) is 15.0. The summed E-state index contributed by atoms with van der Waals surface area (Å²) >= 11 is 7.22. The SMILES string of the molecule is O=C(O)C1CCCN1C(=O)Nc1nc2ccc(Cl)cc2s1. The molecule has 1 unspecified atom stereocenters. The van der Waals surface area contributed by atoms with Gasteiger partial charge in [0.15, 0.2) is 5.13 Å². The highest BCUT2D eigenvalue weighted by Gasteiger charge is 2.34. The van der Waals surface area contributed by atoms with Crippen molar-refractivity contribution in [3.63, 3.8) is 0 Å². The highest BCUT2D eigenvalue weighted by Crippen LogP contribution is 2.29. The Labute approximate surface area is 129 Å². The molecule has 0 radical (unpaired) electrons. The zero-order valence-electron chi connectivity index (χ0n) is 10.9. The van der Waals surface area contributed by atoms with E-state index >= 15 is 0 Å². The Morgan fingerprint density at radius 3 is 3.05 bits per heavy atom. The van der Waals surface area contributed by atoms with Gasteiger partial charge in [-0.1, -0.05) is 22.9 Å². The number of aliphatic carboxylic acids is 1. The molecule has 0 saturated carbocycles. The van der Waals surface area contributed by atoms with E-state index in [2.05, 4.69) is 10.3 Å². The van der Waals surface area contributed by atoms with Crippen molar-refractivity contribution >= 4 is 50.3 Å². The monoisotopic (exact) mass is 325 g/mol. The van der Waals surface area contributed by atoms with Gasteiger partial charge in [-0.25, -0.2) is 14.6 Å². The molecule has 3 rings (SSSR count).